The predicted octanol–water partition coefficient (Wildman–Crippen LogP) is 2.47. The van der Waals surface area contributed by atoms with Gasteiger partial charge in [0, 0.05) is 16.6 Å². The van der Waals surface area contributed by atoms with Crippen LogP contribution in [0.2, 0.25) is 0 Å². The van der Waals surface area contributed by atoms with Crippen molar-refractivity contribution in [2.45, 2.75) is 18.1 Å². The van der Waals surface area contributed by atoms with Gasteiger partial charge >= 0.3 is 6.03 Å². The number of hydrogen-bond acceptors (Lipinski definition) is 4. The number of fused-ring (bicyclic) bond motifs is 1. The van der Waals surface area contributed by atoms with Gasteiger partial charge in [0.05, 0.1) is 5.25 Å². The van der Waals surface area contributed by atoms with Crippen molar-refractivity contribution < 1.29 is 17.6 Å². The zero-order valence-electron chi connectivity index (χ0n) is 13.4. The molecule has 0 atom stereocenters. The molecule has 1 amide bonds. The summed E-state index contributed by atoms with van der Waals surface area (Å²) < 4.78 is 42.1. The van der Waals surface area contributed by atoms with E-state index in [1.165, 1.54) is 0 Å². The molecule has 0 spiro atoms. The second-order valence-electron chi connectivity index (χ2n) is 6.11. The highest BCUT2D eigenvalue weighted by molar-refractivity contribution is 7.93. The average molecular weight is 373 g/mol. The molecule has 1 heterocycles. The Bertz CT molecular complexity index is 1120. The highest BCUT2D eigenvalue weighted by atomic mass is 32.2. The van der Waals surface area contributed by atoms with Crippen molar-refractivity contribution in [1.29, 1.82) is 0 Å². The van der Waals surface area contributed by atoms with Crippen LogP contribution in [0, 0.1) is 12.0 Å². The van der Waals surface area contributed by atoms with Crippen LogP contribution in [-0.4, -0.2) is 29.5 Å². The number of rotatable bonds is 4. The summed E-state index contributed by atoms with van der Waals surface area (Å²) in [5, 5.41) is 3.67. The minimum absolute atomic E-state index is 0.0477. The fourth-order valence-corrected chi connectivity index (χ4v) is 4.13. The van der Waals surface area contributed by atoms with Gasteiger partial charge in [0.15, 0.2) is 5.82 Å². The number of primary amides is 1. The Kier molecular flexibility index (Phi) is 3.69. The number of sulfonamides is 1. The minimum Gasteiger partial charge on any atom is -0.350 e. The number of nitrogens with zero attached hydrogens (tertiary/aromatic N) is 2. The monoisotopic (exact) mass is 373 g/mol. The quantitative estimate of drug-likeness (QED) is 0.732. The zero-order chi connectivity index (χ0) is 18.5. The van der Waals surface area contributed by atoms with Crippen molar-refractivity contribution in [3.8, 4) is 11.1 Å². The van der Waals surface area contributed by atoms with Crippen LogP contribution < -0.4 is 10.5 Å². The smallest absolute Gasteiger partial charge is 0.340 e. The molecule has 3 aromatic rings. The summed E-state index contributed by atoms with van der Waals surface area (Å²) in [5.41, 5.74) is 6.33. The highest BCUT2D eigenvalue weighted by Gasteiger charge is 2.35. The molecule has 3 N–H and O–H groups in total. The van der Waals surface area contributed by atoms with E-state index in [1.807, 2.05) is 0 Å². The van der Waals surface area contributed by atoms with Gasteiger partial charge in [0.25, 0.3) is 0 Å². The fraction of sp³-hybridized carbons (Fsp3) is 0.176. The van der Waals surface area contributed by atoms with Crippen molar-refractivity contribution in [3.05, 3.63) is 48.4 Å². The van der Waals surface area contributed by atoms with E-state index in [4.69, 9.17) is 5.73 Å². The summed E-state index contributed by atoms with van der Waals surface area (Å²) in [6.07, 6.45) is 3.88. The van der Waals surface area contributed by atoms with E-state index in [9.17, 15) is 17.6 Å². The molecule has 1 saturated carbocycles. The molecule has 1 aliphatic rings. The number of amides is 1. The van der Waals surface area contributed by atoms with Crippen LogP contribution in [0.3, 0.4) is 0 Å². The summed E-state index contributed by atoms with van der Waals surface area (Å²) in [6, 6.07) is 8.56. The van der Waals surface area contributed by atoms with E-state index in [1.54, 1.807) is 36.4 Å². The van der Waals surface area contributed by atoms with Crippen LogP contribution in [0.5, 0.6) is 0 Å². The van der Waals surface area contributed by atoms with Crippen LogP contribution in [0.4, 0.5) is 14.9 Å². The number of nitrogens with one attached hydrogen (secondary N) is 1. The number of anilines is 1. The first-order valence-electron chi connectivity index (χ1n) is 7.87. The van der Waals surface area contributed by atoms with E-state index in [2.05, 4.69) is 16.0 Å². The number of hydrogen-bond donors (Lipinski definition) is 2. The summed E-state index contributed by atoms with van der Waals surface area (Å²) in [6.45, 7) is 0. The molecule has 1 aromatic heterocycles. The molecular formula is C17H14FN4O3S. The molecule has 26 heavy (non-hydrogen) atoms. The molecule has 2 aromatic carbocycles. The molecule has 0 saturated heterocycles. The van der Waals surface area contributed by atoms with Crippen LogP contribution in [0.15, 0.2) is 36.4 Å². The van der Waals surface area contributed by atoms with Crippen LogP contribution >= 0.6 is 0 Å². The van der Waals surface area contributed by atoms with E-state index in [0.717, 1.165) is 4.68 Å². The van der Waals surface area contributed by atoms with Gasteiger partial charge in [-0.1, -0.05) is 18.2 Å². The molecule has 133 valence electrons. The second-order valence-corrected chi connectivity index (χ2v) is 8.07. The zero-order valence-corrected chi connectivity index (χ0v) is 14.3. The Labute approximate surface area is 148 Å². The minimum atomic E-state index is -3.35. The highest BCUT2D eigenvalue weighted by Crippen LogP contribution is 2.32. The molecule has 4 rings (SSSR count). The third kappa shape index (κ3) is 2.80. The SMILES string of the molecule is NC(=O)n1n[c]c2ccc(-c3ccc(NS(=O)(=O)C4CC4)cc3)c(F)c21. The molecule has 0 bridgehead atoms. The fourth-order valence-electron chi connectivity index (χ4n) is 2.74. The molecule has 9 heteroatoms. The Morgan fingerprint density at radius 1 is 1.23 bits per heavy atom. The number of halogens is 1. The van der Waals surface area contributed by atoms with Gasteiger partial charge < -0.3 is 5.73 Å². The van der Waals surface area contributed by atoms with E-state index in [-0.39, 0.29) is 16.3 Å². The van der Waals surface area contributed by atoms with Crippen molar-refractivity contribution in [2.24, 2.45) is 5.73 Å². The number of carbonyl (C=O) groups excluding carboxylic acids is 1. The number of aromatic nitrogens is 2. The molecule has 0 aliphatic heterocycles. The lowest BCUT2D eigenvalue weighted by molar-refractivity contribution is 0.248. The third-order valence-electron chi connectivity index (χ3n) is 4.23. The number of carbonyl (C=O) groups is 1. The van der Waals surface area contributed by atoms with Crippen molar-refractivity contribution >= 4 is 32.6 Å². The average Bonchev–Trinajstić information content (AvgIpc) is 3.36. The lowest BCUT2D eigenvalue weighted by Crippen LogP contribution is -2.21. The van der Waals surface area contributed by atoms with Gasteiger partial charge in [0.2, 0.25) is 10.0 Å². The van der Waals surface area contributed by atoms with Crippen molar-refractivity contribution in [2.75, 3.05) is 4.72 Å². The van der Waals surface area contributed by atoms with E-state index < -0.39 is 21.9 Å². The molecular weight excluding hydrogens is 359 g/mol. The lowest BCUT2D eigenvalue weighted by Gasteiger charge is -2.09. The maximum Gasteiger partial charge on any atom is 0.340 e. The van der Waals surface area contributed by atoms with Gasteiger partial charge in [-0.3, -0.25) is 4.72 Å². The van der Waals surface area contributed by atoms with Gasteiger partial charge in [-0.2, -0.15) is 9.78 Å². The number of benzene rings is 2. The first-order valence-corrected chi connectivity index (χ1v) is 9.42. The van der Waals surface area contributed by atoms with Crippen LogP contribution in [-0.2, 0) is 10.0 Å². The molecule has 1 aliphatic carbocycles. The molecule has 1 fully saturated rings. The Morgan fingerprint density at radius 2 is 1.92 bits per heavy atom. The summed E-state index contributed by atoms with van der Waals surface area (Å²) in [7, 11) is -3.35. The topological polar surface area (TPSA) is 107 Å². The Morgan fingerprint density at radius 3 is 2.54 bits per heavy atom. The summed E-state index contributed by atoms with van der Waals surface area (Å²) in [4.78, 5) is 11.4. The van der Waals surface area contributed by atoms with Gasteiger partial charge in [-0.15, -0.1) is 0 Å². The number of nitrogens with two attached hydrogens (primary N) is 1. The molecule has 1 radical (unpaired) electrons. The second kappa shape index (κ2) is 5.80. The van der Waals surface area contributed by atoms with Gasteiger partial charge in [0.1, 0.15) is 11.7 Å². The Balaban J connectivity index is 1.70. The summed E-state index contributed by atoms with van der Waals surface area (Å²) >= 11 is 0. The van der Waals surface area contributed by atoms with Crippen LogP contribution in [0.1, 0.15) is 12.8 Å². The van der Waals surface area contributed by atoms with Crippen molar-refractivity contribution in [1.82, 2.24) is 9.78 Å². The summed E-state index contributed by atoms with van der Waals surface area (Å²) in [5.74, 6) is -0.652. The van der Waals surface area contributed by atoms with Gasteiger partial charge in [-0.25, -0.2) is 17.6 Å². The van der Waals surface area contributed by atoms with E-state index in [0.29, 0.717) is 29.5 Å². The van der Waals surface area contributed by atoms with E-state index >= 15 is 0 Å². The first kappa shape index (κ1) is 16.5. The van der Waals surface area contributed by atoms with Crippen LogP contribution in [0.25, 0.3) is 22.0 Å². The normalized spacial score (nSPS) is 14.5. The largest absolute Gasteiger partial charge is 0.350 e. The molecule has 7 nitrogen and oxygen atoms in total. The third-order valence-corrected chi connectivity index (χ3v) is 6.10. The maximum absolute atomic E-state index is 14.9. The lowest BCUT2D eigenvalue weighted by atomic mass is 10.0. The standard InChI is InChI=1S/C17H14FN4O3S/c18-15-14(8-3-11-9-20-22(16(11)15)17(19)23)10-1-4-12(5-2-10)21-26(24,25)13-6-7-13/h1-5,8,13,21H,6-7H2,(H2,19,23). The predicted molar refractivity (Wildman–Crippen MR) is 94.5 cm³/mol. The Hall–Kier alpha value is -2.94. The maximum atomic E-state index is 14.9. The van der Waals surface area contributed by atoms with Crippen molar-refractivity contribution in [3.63, 3.8) is 0 Å². The van der Waals surface area contributed by atoms with Gasteiger partial charge in [-0.05, 0) is 36.6 Å². The molecule has 0 unspecified atom stereocenters. The first-order chi connectivity index (χ1) is 12.4.